The minimum absolute atomic E-state index is 0.0284. The first-order valence-electron chi connectivity index (χ1n) is 10.6. The Kier molecular flexibility index (Phi) is 5.61. The summed E-state index contributed by atoms with van der Waals surface area (Å²) in [6.45, 7) is 11.8. The minimum Gasteiger partial charge on any atom is -0.387 e. The minimum atomic E-state index is -0.0284. The van der Waals surface area contributed by atoms with Crippen LogP contribution in [0.15, 0.2) is 45.3 Å². The number of benzene rings is 2. The maximum Gasteiger partial charge on any atom is 0.0582 e. The van der Waals surface area contributed by atoms with Crippen LogP contribution in [0.5, 0.6) is 0 Å². The van der Waals surface area contributed by atoms with Crippen molar-refractivity contribution >= 4 is 43.0 Å². The van der Waals surface area contributed by atoms with Crippen LogP contribution in [0.2, 0.25) is 0 Å². The van der Waals surface area contributed by atoms with Crippen LogP contribution in [0.25, 0.3) is 11.1 Å². The number of fused-ring (bicyclic) bond motifs is 1. The van der Waals surface area contributed by atoms with Gasteiger partial charge in [-0.3, -0.25) is 4.99 Å². The summed E-state index contributed by atoms with van der Waals surface area (Å²) in [5.41, 5.74) is 11.7. The molecule has 0 saturated heterocycles. The highest BCUT2D eigenvalue weighted by molar-refractivity contribution is 9.10. The molecule has 0 radical (unpaired) electrons. The molecular formula is C26H31BrN2S. The van der Waals surface area contributed by atoms with E-state index in [9.17, 15) is 0 Å². The molecule has 1 aliphatic carbocycles. The number of aryl methyl sites for hydroxylation is 1. The second-order valence-corrected chi connectivity index (χ2v) is 12.1. The molecule has 2 aromatic carbocycles. The molecule has 158 valence electrons. The monoisotopic (exact) mass is 482 g/mol. The van der Waals surface area contributed by atoms with Gasteiger partial charge in [-0.2, -0.15) is 0 Å². The molecular weight excluding hydrogens is 452 g/mol. The predicted octanol–water partition coefficient (Wildman–Crippen LogP) is 7.75. The highest BCUT2D eigenvalue weighted by Crippen LogP contribution is 2.48. The van der Waals surface area contributed by atoms with Crippen LogP contribution in [-0.4, -0.2) is 18.0 Å². The third-order valence-electron chi connectivity index (χ3n) is 6.61. The number of rotatable bonds is 3. The van der Waals surface area contributed by atoms with Crippen molar-refractivity contribution < 1.29 is 0 Å². The summed E-state index contributed by atoms with van der Waals surface area (Å²) in [7, 11) is 1.97. The van der Waals surface area contributed by atoms with Gasteiger partial charge in [-0.25, -0.2) is 0 Å². The SMILES string of the molecule is CNc1c(Br)cc(C=S2C=CN=C2)cc1-c1cc2c(cc1C)C(C)(C)CCC2(C)C. The third-order valence-corrected chi connectivity index (χ3v) is 8.58. The first-order valence-corrected chi connectivity index (χ1v) is 12.8. The van der Waals surface area contributed by atoms with Gasteiger partial charge in [0.15, 0.2) is 0 Å². The van der Waals surface area contributed by atoms with E-state index in [2.05, 4.69) is 95.9 Å². The maximum atomic E-state index is 4.24. The lowest BCUT2D eigenvalue weighted by Crippen LogP contribution is -2.34. The quantitative estimate of drug-likeness (QED) is 0.444. The Morgan fingerprint density at radius 3 is 2.27 bits per heavy atom. The van der Waals surface area contributed by atoms with E-state index in [0.29, 0.717) is 0 Å². The van der Waals surface area contributed by atoms with Gasteiger partial charge in [0.25, 0.3) is 0 Å². The first kappa shape index (κ1) is 21.6. The number of halogens is 1. The van der Waals surface area contributed by atoms with E-state index in [1.54, 1.807) is 0 Å². The Labute approximate surface area is 192 Å². The number of aliphatic imine (C=N–C) groups is 1. The van der Waals surface area contributed by atoms with Crippen LogP contribution in [0.3, 0.4) is 0 Å². The Balaban J connectivity index is 1.94. The van der Waals surface area contributed by atoms with Crippen molar-refractivity contribution in [2.75, 3.05) is 12.4 Å². The summed E-state index contributed by atoms with van der Waals surface area (Å²) in [4.78, 5) is 4.24. The smallest absolute Gasteiger partial charge is 0.0582 e. The van der Waals surface area contributed by atoms with Crippen molar-refractivity contribution in [1.82, 2.24) is 0 Å². The molecule has 30 heavy (non-hydrogen) atoms. The summed E-state index contributed by atoms with van der Waals surface area (Å²) in [6.07, 6.45) is 4.34. The molecule has 1 unspecified atom stereocenters. The highest BCUT2D eigenvalue weighted by Gasteiger charge is 2.37. The van der Waals surface area contributed by atoms with Crippen molar-refractivity contribution in [2.24, 2.45) is 4.99 Å². The Morgan fingerprint density at radius 1 is 1.00 bits per heavy atom. The number of nitrogens with zero attached hydrogens (tertiary/aromatic N) is 1. The van der Waals surface area contributed by atoms with E-state index in [0.717, 1.165) is 10.2 Å². The van der Waals surface area contributed by atoms with E-state index in [-0.39, 0.29) is 21.3 Å². The number of hydrogen-bond acceptors (Lipinski definition) is 2. The lowest BCUT2D eigenvalue weighted by atomic mass is 9.62. The summed E-state index contributed by atoms with van der Waals surface area (Å²) < 4.78 is 1.09. The van der Waals surface area contributed by atoms with Crippen molar-refractivity contribution in [1.29, 1.82) is 0 Å². The van der Waals surface area contributed by atoms with Gasteiger partial charge < -0.3 is 5.32 Å². The standard InChI is InChI=1S/C26H31BrN2S/c1-17-11-21-22(26(4,5)8-7-25(21,2)3)14-19(17)20-12-18(13-23(27)24(20)28-6)15-30-10-9-29-16-30/h9-16,28H,7-8H2,1-6H3. The van der Waals surface area contributed by atoms with Gasteiger partial charge in [0.1, 0.15) is 0 Å². The molecule has 0 bridgehead atoms. The van der Waals surface area contributed by atoms with Crippen LogP contribution in [-0.2, 0) is 10.8 Å². The molecule has 1 heterocycles. The second-order valence-electron chi connectivity index (χ2n) is 9.72. The van der Waals surface area contributed by atoms with Crippen LogP contribution in [0.4, 0.5) is 5.69 Å². The van der Waals surface area contributed by atoms with Gasteiger partial charge in [0, 0.05) is 23.3 Å². The summed E-state index contributed by atoms with van der Waals surface area (Å²) in [5, 5.41) is 7.87. The van der Waals surface area contributed by atoms with Crippen molar-refractivity contribution in [3.05, 3.63) is 62.6 Å². The Morgan fingerprint density at radius 2 is 1.67 bits per heavy atom. The lowest BCUT2D eigenvalue weighted by molar-refractivity contribution is 0.332. The van der Waals surface area contributed by atoms with Gasteiger partial charge in [-0.15, -0.1) is 10.5 Å². The fourth-order valence-electron chi connectivity index (χ4n) is 4.65. The van der Waals surface area contributed by atoms with Crippen molar-refractivity contribution in [3.63, 3.8) is 0 Å². The zero-order valence-electron chi connectivity index (χ0n) is 18.8. The molecule has 1 aliphatic heterocycles. The van der Waals surface area contributed by atoms with E-state index in [1.807, 2.05) is 18.8 Å². The first-order chi connectivity index (χ1) is 14.1. The molecule has 0 aromatic heterocycles. The molecule has 0 fully saturated rings. The zero-order chi connectivity index (χ0) is 21.7. The maximum absolute atomic E-state index is 4.24. The van der Waals surface area contributed by atoms with Crippen LogP contribution >= 0.6 is 26.4 Å². The average molecular weight is 484 g/mol. The molecule has 2 aromatic rings. The number of anilines is 1. The van der Waals surface area contributed by atoms with Gasteiger partial charge in [-0.1, -0.05) is 33.8 Å². The van der Waals surface area contributed by atoms with Crippen molar-refractivity contribution in [2.45, 2.75) is 58.3 Å². The molecule has 2 aliphatic rings. The fourth-order valence-corrected chi connectivity index (χ4v) is 6.41. The van der Waals surface area contributed by atoms with E-state index < -0.39 is 0 Å². The third kappa shape index (κ3) is 3.85. The van der Waals surface area contributed by atoms with Crippen LogP contribution in [0.1, 0.15) is 62.8 Å². The van der Waals surface area contributed by atoms with Crippen LogP contribution < -0.4 is 5.32 Å². The Bertz CT molecular complexity index is 1090. The average Bonchev–Trinajstić information content (AvgIpc) is 3.18. The van der Waals surface area contributed by atoms with E-state index in [1.165, 1.54) is 46.2 Å². The lowest BCUT2D eigenvalue weighted by Gasteiger charge is -2.42. The van der Waals surface area contributed by atoms with Gasteiger partial charge in [-0.05, 0) is 103 Å². The van der Waals surface area contributed by atoms with Gasteiger partial charge >= 0.3 is 0 Å². The molecule has 0 saturated carbocycles. The summed E-state index contributed by atoms with van der Waals surface area (Å²) in [6, 6.07) is 9.43. The largest absolute Gasteiger partial charge is 0.387 e. The molecule has 1 atom stereocenters. The molecule has 4 heteroatoms. The molecule has 2 nitrogen and oxygen atoms in total. The van der Waals surface area contributed by atoms with Crippen molar-refractivity contribution in [3.8, 4) is 11.1 Å². The fraction of sp³-hybridized carbons (Fsp3) is 0.385. The van der Waals surface area contributed by atoms with E-state index >= 15 is 0 Å². The second kappa shape index (κ2) is 7.80. The topological polar surface area (TPSA) is 24.4 Å². The molecule has 1 N–H and O–H groups in total. The Hall–Kier alpha value is -1.65. The van der Waals surface area contributed by atoms with Gasteiger partial charge in [0.05, 0.1) is 11.2 Å². The molecule has 0 amide bonds. The predicted molar refractivity (Wildman–Crippen MR) is 140 cm³/mol. The normalized spacial score (nSPS) is 21.1. The number of hydrogen-bond donors (Lipinski definition) is 1. The zero-order valence-corrected chi connectivity index (χ0v) is 21.2. The summed E-state index contributed by atoms with van der Waals surface area (Å²) >= 11 is 3.81. The summed E-state index contributed by atoms with van der Waals surface area (Å²) in [5.74, 6) is 0. The molecule has 4 rings (SSSR count). The molecule has 0 spiro atoms. The van der Waals surface area contributed by atoms with Crippen LogP contribution in [0, 0.1) is 6.92 Å². The van der Waals surface area contributed by atoms with E-state index in [4.69, 9.17) is 0 Å². The van der Waals surface area contributed by atoms with Gasteiger partial charge in [0.2, 0.25) is 0 Å². The highest BCUT2D eigenvalue weighted by atomic mass is 79.9. The number of nitrogens with one attached hydrogen (secondary N) is 1.